The molecule has 0 unspecified atom stereocenters. The highest BCUT2D eigenvalue weighted by Crippen LogP contribution is 2.08. The summed E-state index contributed by atoms with van der Waals surface area (Å²) in [5, 5.41) is 0. The van der Waals surface area contributed by atoms with Gasteiger partial charge in [-0.15, -0.1) is 23.5 Å². The van der Waals surface area contributed by atoms with Crippen molar-refractivity contribution in [1.82, 2.24) is 0 Å². The van der Waals surface area contributed by atoms with Gasteiger partial charge in [0.15, 0.2) is 0 Å². The molecule has 0 saturated heterocycles. The SMILES string of the molecule is CS/C(C)=C\C#CC#C/C=C(/C)SC. The van der Waals surface area contributed by atoms with Gasteiger partial charge in [-0.25, -0.2) is 0 Å². The predicted molar refractivity (Wildman–Crippen MR) is 70.1 cm³/mol. The van der Waals surface area contributed by atoms with Crippen molar-refractivity contribution in [2.24, 2.45) is 0 Å². The van der Waals surface area contributed by atoms with Gasteiger partial charge in [0.25, 0.3) is 0 Å². The van der Waals surface area contributed by atoms with Crippen LogP contribution >= 0.6 is 23.5 Å². The van der Waals surface area contributed by atoms with Gasteiger partial charge >= 0.3 is 0 Å². The Morgan fingerprint density at radius 3 is 1.50 bits per heavy atom. The summed E-state index contributed by atoms with van der Waals surface area (Å²) >= 11 is 3.38. The van der Waals surface area contributed by atoms with Crippen LogP contribution in [0, 0.1) is 23.7 Å². The van der Waals surface area contributed by atoms with Crippen molar-refractivity contribution >= 4 is 23.5 Å². The molecule has 0 aromatic heterocycles. The second-order valence-corrected chi connectivity index (χ2v) is 4.56. The molecule has 0 aromatic rings. The van der Waals surface area contributed by atoms with E-state index >= 15 is 0 Å². The van der Waals surface area contributed by atoms with Crippen LogP contribution in [0.2, 0.25) is 0 Å². The first-order valence-electron chi connectivity index (χ1n) is 4.13. The van der Waals surface area contributed by atoms with Crippen molar-refractivity contribution in [1.29, 1.82) is 0 Å². The van der Waals surface area contributed by atoms with E-state index in [1.807, 2.05) is 38.5 Å². The van der Waals surface area contributed by atoms with Crippen LogP contribution in [0.4, 0.5) is 0 Å². The fraction of sp³-hybridized carbons (Fsp3) is 0.333. The molecule has 2 heteroatoms. The van der Waals surface area contributed by atoms with Crippen LogP contribution < -0.4 is 0 Å². The van der Waals surface area contributed by atoms with Crippen LogP contribution in [0.25, 0.3) is 0 Å². The van der Waals surface area contributed by atoms with Gasteiger partial charge in [-0.3, -0.25) is 0 Å². The third kappa shape index (κ3) is 7.92. The second-order valence-electron chi connectivity index (χ2n) is 2.46. The molecule has 0 saturated carbocycles. The summed E-state index contributed by atoms with van der Waals surface area (Å²) in [6.07, 6.45) is 7.82. The molecule has 0 aliphatic rings. The van der Waals surface area contributed by atoms with E-state index < -0.39 is 0 Å². The van der Waals surface area contributed by atoms with Crippen molar-refractivity contribution in [2.45, 2.75) is 13.8 Å². The molecule has 0 rings (SSSR count). The molecule has 0 amide bonds. The molecule has 0 bridgehead atoms. The number of rotatable bonds is 2. The number of hydrogen-bond acceptors (Lipinski definition) is 2. The lowest BCUT2D eigenvalue weighted by atomic mass is 10.4. The Morgan fingerprint density at radius 2 is 1.21 bits per heavy atom. The van der Waals surface area contributed by atoms with E-state index in [1.165, 1.54) is 9.81 Å². The highest BCUT2D eigenvalue weighted by atomic mass is 32.2. The Morgan fingerprint density at radius 1 is 0.857 bits per heavy atom. The fourth-order valence-electron chi connectivity index (χ4n) is 0.465. The molecule has 0 radical (unpaired) electrons. The number of allylic oxidation sites excluding steroid dienone is 4. The second kappa shape index (κ2) is 8.88. The van der Waals surface area contributed by atoms with E-state index in [4.69, 9.17) is 0 Å². The molecule has 0 atom stereocenters. The Hall–Kier alpha value is -0.700. The van der Waals surface area contributed by atoms with Crippen molar-refractivity contribution in [3.8, 4) is 23.7 Å². The molecule has 14 heavy (non-hydrogen) atoms. The monoisotopic (exact) mass is 222 g/mol. The first-order valence-corrected chi connectivity index (χ1v) is 6.58. The Kier molecular flexibility index (Phi) is 8.43. The first-order chi connectivity index (χ1) is 6.70. The largest absolute Gasteiger partial charge is 0.134 e. The average Bonchev–Trinajstić information content (AvgIpc) is 2.22. The van der Waals surface area contributed by atoms with Gasteiger partial charge in [-0.05, 0) is 60.2 Å². The minimum Gasteiger partial charge on any atom is -0.134 e. The van der Waals surface area contributed by atoms with E-state index in [9.17, 15) is 0 Å². The molecule has 74 valence electrons. The zero-order chi connectivity index (χ0) is 10.8. The topological polar surface area (TPSA) is 0 Å². The Labute approximate surface area is 95.6 Å². The molecule has 0 spiro atoms. The van der Waals surface area contributed by atoms with Crippen LogP contribution in [-0.2, 0) is 0 Å². The highest BCUT2D eigenvalue weighted by Gasteiger charge is 1.78. The minimum atomic E-state index is 1.20. The van der Waals surface area contributed by atoms with Crippen LogP contribution in [0.15, 0.2) is 22.0 Å². The van der Waals surface area contributed by atoms with Crippen molar-refractivity contribution in [3.05, 3.63) is 22.0 Å². The summed E-state index contributed by atoms with van der Waals surface area (Å²) in [4.78, 5) is 2.41. The maximum atomic E-state index is 2.89. The van der Waals surface area contributed by atoms with Crippen molar-refractivity contribution in [3.63, 3.8) is 0 Å². The highest BCUT2D eigenvalue weighted by molar-refractivity contribution is 8.02. The zero-order valence-corrected chi connectivity index (χ0v) is 10.6. The van der Waals surface area contributed by atoms with Gasteiger partial charge in [0.05, 0.1) is 0 Å². The normalized spacial score (nSPS) is 11.1. The summed E-state index contributed by atoms with van der Waals surface area (Å²) < 4.78 is 0. The van der Waals surface area contributed by atoms with Gasteiger partial charge in [0.1, 0.15) is 0 Å². The molecule has 0 aliphatic heterocycles. The third-order valence-electron chi connectivity index (χ3n) is 1.40. The van der Waals surface area contributed by atoms with Crippen LogP contribution in [0.5, 0.6) is 0 Å². The lowest BCUT2D eigenvalue weighted by Gasteiger charge is -1.85. The summed E-state index contributed by atoms with van der Waals surface area (Å²) in [6.45, 7) is 4.06. The summed E-state index contributed by atoms with van der Waals surface area (Å²) in [6, 6.07) is 0. The molecular weight excluding hydrogens is 208 g/mol. The molecule has 0 nitrogen and oxygen atoms in total. The first kappa shape index (κ1) is 13.3. The van der Waals surface area contributed by atoms with Gasteiger partial charge in [0, 0.05) is 0 Å². The molecule has 0 aliphatic carbocycles. The lowest BCUT2D eigenvalue weighted by Crippen LogP contribution is -1.62. The molecular formula is C12H14S2. The number of hydrogen-bond donors (Lipinski definition) is 0. The summed E-state index contributed by atoms with van der Waals surface area (Å²) in [7, 11) is 0. The summed E-state index contributed by atoms with van der Waals surface area (Å²) in [5.74, 6) is 11.3. The third-order valence-corrected chi connectivity index (χ3v) is 2.93. The lowest BCUT2D eigenvalue weighted by molar-refractivity contribution is 1.69. The number of thioether (sulfide) groups is 2. The van der Waals surface area contributed by atoms with Crippen LogP contribution in [0.3, 0.4) is 0 Å². The van der Waals surface area contributed by atoms with Crippen molar-refractivity contribution in [2.75, 3.05) is 12.5 Å². The Bertz CT molecular complexity index is 304. The fourth-order valence-corrected chi connectivity index (χ4v) is 0.819. The van der Waals surface area contributed by atoms with E-state index in [0.29, 0.717) is 0 Å². The van der Waals surface area contributed by atoms with E-state index in [2.05, 4.69) is 23.7 Å². The average molecular weight is 222 g/mol. The standard InChI is InChI=1S/C12H14S2/c1-11(13-3)9-7-5-6-8-10-12(2)14-4/h9-10H,1-4H3/b11-9-,12-10-. The van der Waals surface area contributed by atoms with Gasteiger partial charge < -0.3 is 0 Å². The summed E-state index contributed by atoms with van der Waals surface area (Å²) in [5.41, 5.74) is 0. The van der Waals surface area contributed by atoms with Crippen LogP contribution in [-0.4, -0.2) is 12.5 Å². The molecule has 0 aromatic carbocycles. The van der Waals surface area contributed by atoms with Crippen molar-refractivity contribution < 1.29 is 0 Å². The van der Waals surface area contributed by atoms with Gasteiger partial charge in [0.2, 0.25) is 0 Å². The van der Waals surface area contributed by atoms with E-state index in [0.717, 1.165) is 0 Å². The van der Waals surface area contributed by atoms with E-state index in [-0.39, 0.29) is 0 Å². The minimum absolute atomic E-state index is 1.20. The van der Waals surface area contributed by atoms with Gasteiger partial charge in [-0.1, -0.05) is 11.8 Å². The van der Waals surface area contributed by atoms with Crippen LogP contribution in [0.1, 0.15) is 13.8 Å². The predicted octanol–water partition coefficient (Wildman–Crippen LogP) is 3.53. The van der Waals surface area contributed by atoms with Gasteiger partial charge in [-0.2, -0.15) is 0 Å². The quantitative estimate of drug-likeness (QED) is 0.656. The van der Waals surface area contributed by atoms with E-state index in [1.54, 1.807) is 23.5 Å². The smallest absolute Gasteiger partial charge is 0.00162 e. The zero-order valence-electron chi connectivity index (χ0n) is 8.97. The Balaban J connectivity index is 4.16. The molecule has 0 N–H and O–H groups in total. The maximum Gasteiger partial charge on any atom is -0.00162 e. The molecule has 0 fully saturated rings. The molecule has 0 heterocycles. The maximum absolute atomic E-state index is 2.89.